The third-order valence-electron chi connectivity index (χ3n) is 2.08. The Bertz CT molecular complexity index is 366. The first kappa shape index (κ1) is 12.2. The van der Waals surface area contributed by atoms with Crippen LogP contribution in [-0.2, 0) is 10.8 Å². The summed E-state index contributed by atoms with van der Waals surface area (Å²) in [6.45, 7) is 4.10. The first-order valence-corrected chi connectivity index (χ1v) is 6.26. The molecule has 0 amide bonds. The largest absolute Gasteiger partial charge is 0.399 e. The van der Waals surface area contributed by atoms with Crippen molar-refractivity contribution in [1.82, 2.24) is 0 Å². The van der Waals surface area contributed by atoms with E-state index in [4.69, 9.17) is 5.73 Å². The second-order valence-corrected chi connectivity index (χ2v) is 5.46. The summed E-state index contributed by atoms with van der Waals surface area (Å²) in [5.74, 6) is 0.501. The first-order valence-electron chi connectivity index (χ1n) is 4.94. The molecule has 0 aliphatic rings. The van der Waals surface area contributed by atoms with Crippen LogP contribution in [0.25, 0.3) is 0 Å². The van der Waals surface area contributed by atoms with Crippen molar-refractivity contribution in [3.8, 4) is 0 Å². The van der Waals surface area contributed by atoms with Crippen LogP contribution >= 0.6 is 0 Å². The van der Waals surface area contributed by atoms with Crippen LogP contribution in [0.15, 0.2) is 23.1 Å². The van der Waals surface area contributed by atoms with Crippen molar-refractivity contribution in [1.29, 1.82) is 0 Å². The highest BCUT2D eigenvalue weighted by molar-refractivity contribution is 7.85. The Morgan fingerprint density at radius 2 is 2.13 bits per heavy atom. The van der Waals surface area contributed by atoms with Gasteiger partial charge < -0.3 is 5.73 Å². The number of nitrogen functional groups attached to an aromatic ring is 1. The van der Waals surface area contributed by atoms with Gasteiger partial charge in [-0.3, -0.25) is 4.21 Å². The smallest absolute Gasteiger partial charge is 0.141 e. The molecule has 2 N–H and O–H groups in total. The van der Waals surface area contributed by atoms with Crippen LogP contribution in [0.1, 0.15) is 20.3 Å². The summed E-state index contributed by atoms with van der Waals surface area (Å²) in [4.78, 5) is 0.254. The predicted octanol–water partition coefficient (Wildman–Crippen LogP) is 2.56. The fourth-order valence-electron chi connectivity index (χ4n) is 1.15. The second kappa shape index (κ2) is 5.26. The van der Waals surface area contributed by atoms with E-state index in [9.17, 15) is 8.60 Å². The van der Waals surface area contributed by atoms with Gasteiger partial charge in [0.1, 0.15) is 5.82 Å². The lowest BCUT2D eigenvalue weighted by atomic mass is 10.2. The number of hydrogen-bond acceptors (Lipinski definition) is 2. The lowest BCUT2D eigenvalue weighted by Crippen LogP contribution is -2.04. The fraction of sp³-hybridized carbons (Fsp3) is 0.455. The van der Waals surface area contributed by atoms with Crippen molar-refractivity contribution < 1.29 is 8.60 Å². The molecule has 0 saturated carbocycles. The molecule has 0 bridgehead atoms. The molecule has 1 unspecified atom stereocenters. The molecule has 1 aromatic carbocycles. The van der Waals surface area contributed by atoms with E-state index in [-0.39, 0.29) is 4.90 Å². The van der Waals surface area contributed by atoms with Crippen LogP contribution in [0.5, 0.6) is 0 Å². The van der Waals surface area contributed by atoms with Crippen LogP contribution in [0.4, 0.5) is 10.1 Å². The molecule has 2 nitrogen and oxygen atoms in total. The molecule has 1 aromatic rings. The molecular weight excluding hydrogens is 213 g/mol. The summed E-state index contributed by atoms with van der Waals surface area (Å²) >= 11 is 0. The Labute approximate surface area is 92.1 Å². The van der Waals surface area contributed by atoms with Gasteiger partial charge in [-0.15, -0.1) is 0 Å². The molecule has 0 heterocycles. The summed E-state index contributed by atoms with van der Waals surface area (Å²) in [7, 11) is -1.25. The van der Waals surface area contributed by atoms with Crippen LogP contribution in [-0.4, -0.2) is 9.96 Å². The van der Waals surface area contributed by atoms with Gasteiger partial charge in [-0.05, 0) is 30.5 Å². The van der Waals surface area contributed by atoms with E-state index < -0.39 is 16.6 Å². The Hall–Kier alpha value is -0.900. The van der Waals surface area contributed by atoms with E-state index in [0.717, 1.165) is 6.42 Å². The Kier molecular flexibility index (Phi) is 4.27. The monoisotopic (exact) mass is 229 g/mol. The van der Waals surface area contributed by atoms with Crippen LogP contribution in [0.3, 0.4) is 0 Å². The van der Waals surface area contributed by atoms with Crippen LogP contribution in [0.2, 0.25) is 0 Å². The predicted molar refractivity (Wildman–Crippen MR) is 61.5 cm³/mol. The maximum Gasteiger partial charge on any atom is 0.141 e. The minimum Gasteiger partial charge on any atom is -0.399 e. The molecule has 1 atom stereocenters. The minimum atomic E-state index is -1.25. The summed E-state index contributed by atoms with van der Waals surface area (Å²) < 4.78 is 25.1. The molecule has 0 aliphatic heterocycles. The molecule has 1 rings (SSSR count). The molecule has 4 heteroatoms. The van der Waals surface area contributed by atoms with E-state index in [1.54, 1.807) is 6.07 Å². The topological polar surface area (TPSA) is 43.1 Å². The molecule has 0 fully saturated rings. The number of benzene rings is 1. The average molecular weight is 229 g/mol. The second-order valence-electron chi connectivity index (χ2n) is 3.92. The molecule has 15 heavy (non-hydrogen) atoms. The van der Waals surface area contributed by atoms with Gasteiger partial charge in [0.15, 0.2) is 0 Å². The van der Waals surface area contributed by atoms with E-state index >= 15 is 0 Å². The molecule has 0 aliphatic carbocycles. The van der Waals surface area contributed by atoms with Crippen molar-refractivity contribution in [2.75, 3.05) is 11.5 Å². The highest BCUT2D eigenvalue weighted by Crippen LogP contribution is 2.17. The number of hydrogen-bond donors (Lipinski definition) is 1. The number of anilines is 1. The van der Waals surface area contributed by atoms with Crippen molar-refractivity contribution in [2.45, 2.75) is 25.2 Å². The quantitative estimate of drug-likeness (QED) is 0.806. The summed E-state index contributed by atoms with van der Waals surface area (Å²) in [5, 5.41) is 0. The summed E-state index contributed by atoms with van der Waals surface area (Å²) in [6, 6.07) is 4.29. The fourth-order valence-corrected chi connectivity index (χ4v) is 2.56. The average Bonchev–Trinajstić information content (AvgIpc) is 2.14. The van der Waals surface area contributed by atoms with Crippen molar-refractivity contribution in [3.05, 3.63) is 24.0 Å². The third kappa shape index (κ3) is 3.63. The molecule has 84 valence electrons. The number of rotatable bonds is 4. The third-order valence-corrected chi connectivity index (χ3v) is 3.51. The van der Waals surface area contributed by atoms with Crippen molar-refractivity contribution in [3.63, 3.8) is 0 Å². The lowest BCUT2D eigenvalue weighted by molar-refractivity contribution is 0.590. The van der Waals surface area contributed by atoms with Gasteiger partial charge in [0.2, 0.25) is 0 Å². The lowest BCUT2D eigenvalue weighted by Gasteiger charge is -2.06. The number of halogens is 1. The zero-order valence-corrected chi connectivity index (χ0v) is 9.81. The normalized spacial score (nSPS) is 13.1. The molecule has 0 aromatic heterocycles. The van der Waals surface area contributed by atoms with Gasteiger partial charge in [0.25, 0.3) is 0 Å². The minimum absolute atomic E-state index is 0.254. The molecular formula is C11H16FNOS. The number of nitrogens with two attached hydrogens (primary N) is 1. The zero-order valence-electron chi connectivity index (χ0n) is 9.00. The zero-order chi connectivity index (χ0) is 11.4. The Balaban J connectivity index is 2.74. The van der Waals surface area contributed by atoms with Gasteiger partial charge in [-0.1, -0.05) is 13.8 Å². The molecule has 0 radical (unpaired) electrons. The highest BCUT2D eigenvalue weighted by atomic mass is 32.2. The van der Waals surface area contributed by atoms with Gasteiger partial charge in [0, 0.05) is 11.4 Å². The van der Waals surface area contributed by atoms with Gasteiger partial charge in [0.05, 0.1) is 15.7 Å². The molecule has 0 spiro atoms. The van der Waals surface area contributed by atoms with Crippen molar-refractivity contribution >= 4 is 16.5 Å². The van der Waals surface area contributed by atoms with Gasteiger partial charge in [-0.2, -0.15) is 0 Å². The van der Waals surface area contributed by atoms with E-state index in [1.165, 1.54) is 12.1 Å². The Morgan fingerprint density at radius 3 is 2.67 bits per heavy atom. The standard InChI is InChI=1S/C11H16FNOS/c1-8(2)5-6-15(14)11-4-3-9(13)7-10(11)12/h3-4,7-8H,5-6,13H2,1-2H3. The van der Waals surface area contributed by atoms with E-state index in [1.807, 2.05) is 0 Å². The summed E-state index contributed by atoms with van der Waals surface area (Å²) in [6.07, 6.45) is 0.830. The van der Waals surface area contributed by atoms with E-state index in [0.29, 0.717) is 17.4 Å². The van der Waals surface area contributed by atoms with Crippen LogP contribution < -0.4 is 5.73 Å². The van der Waals surface area contributed by atoms with Gasteiger partial charge in [-0.25, -0.2) is 4.39 Å². The first-order chi connectivity index (χ1) is 7.00. The SMILES string of the molecule is CC(C)CCS(=O)c1ccc(N)cc1F. The maximum atomic E-state index is 13.4. The molecule has 0 saturated heterocycles. The van der Waals surface area contributed by atoms with Gasteiger partial charge >= 0.3 is 0 Å². The highest BCUT2D eigenvalue weighted by Gasteiger charge is 2.10. The maximum absolute atomic E-state index is 13.4. The van der Waals surface area contributed by atoms with E-state index in [2.05, 4.69) is 13.8 Å². The Morgan fingerprint density at radius 1 is 1.47 bits per heavy atom. The summed E-state index contributed by atoms with van der Waals surface area (Å²) in [5.41, 5.74) is 5.77. The van der Waals surface area contributed by atoms with Crippen molar-refractivity contribution in [2.24, 2.45) is 5.92 Å². The van der Waals surface area contributed by atoms with Crippen LogP contribution in [0, 0.1) is 11.7 Å².